The lowest BCUT2D eigenvalue weighted by molar-refractivity contribution is -0.137. The SMILES string of the molecule is O=S(=O)(Nc1ccc(C(F)(F)F)cn1)c1ccc(Br)cc1Cl. The van der Waals surface area contributed by atoms with Gasteiger partial charge in [-0.2, -0.15) is 13.2 Å². The standard InChI is InChI=1S/C12H7BrClF3N2O2S/c13-8-2-3-10(9(14)5-8)22(20,21)19-11-4-1-7(6-18-11)12(15,16)17/h1-6H,(H,18,19). The molecule has 0 spiro atoms. The van der Waals surface area contributed by atoms with E-state index < -0.39 is 21.8 Å². The quantitative estimate of drug-likeness (QED) is 0.812. The minimum absolute atomic E-state index is 0.0335. The predicted molar refractivity (Wildman–Crippen MR) is 79.2 cm³/mol. The third kappa shape index (κ3) is 3.90. The Morgan fingerprint density at radius 1 is 1.18 bits per heavy atom. The Balaban J connectivity index is 2.29. The molecule has 1 N–H and O–H groups in total. The van der Waals surface area contributed by atoms with Crippen LogP contribution in [0.1, 0.15) is 5.56 Å². The van der Waals surface area contributed by atoms with E-state index in [0.717, 1.165) is 12.1 Å². The maximum Gasteiger partial charge on any atom is 0.417 e. The van der Waals surface area contributed by atoms with Gasteiger partial charge in [-0.1, -0.05) is 27.5 Å². The van der Waals surface area contributed by atoms with E-state index in [1.165, 1.54) is 18.2 Å². The highest BCUT2D eigenvalue weighted by molar-refractivity contribution is 9.10. The van der Waals surface area contributed by atoms with E-state index in [0.29, 0.717) is 10.7 Å². The topological polar surface area (TPSA) is 59.1 Å². The lowest BCUT2D eigenvalue weighted by atomic mass is 10.3. The van der Waals surface area contributed by atoms with Crippen molar-refractivity contribution in [3.05, 3.63) is 51.6 Å². The molecule has 4 nitrogen and oxygen atoms in total. The Morgan fingerprint density at radius 3 is 2.36 bits per heavy atom. The molecule has 1 heterocycles. The van der Waals surface area contributed by atoms with Gasteiger partial charge >= 0.3 is 6.18 Å². The highest BCUT2D eigenvalue weighted by Crippen LogP contribution is 2.30. The van der Waals surface area contributed by atoms with Crippen LogP contribution in [0.4, 0.5) is 19.0 Å². The van der Waals surface area contributed by atoms with Crippen LogP contribution in [0.5, 0.6) is 0 Å². The molecule has 1 aromatic heterocycles. The molecule has 0 aliphatic carbocycles. The molecule has 0 atom stereocenters. The Bertz CT molecular complexity index is 795. The van der Waals surface area contributed by atoms with Crippen LogP contribution in [-0.4, -0.2) is 13.4 Å². The van der Waals surface area contributed by atoms with Gasteiger partial charge in [0.25, 0.3) is 10.0 Å². The fourth-order valence-electron chi connectivity index (χ4n) is 1.51. The zero-order valence-corrected chi connectivity index (χ0v) is 13.7. The number of alkyl halides is 3. The average molecular weight is 416 g/mol. The molecule has 10 heteroatoms. The van der Waals surface area contributed by atoms with Crippen LogP contribution in [-0.2, 0) is 16.2 Å². The molecule has 0 fully saturated rings. The van der Waals surface area contributed by atoms with Crippen molar-refractivity contribution in [2.75, 3.05) is 4.72 Å². The smallest absolute Gasteiger partial charge is 0.263 e. The molecule has 0 radical (unpaired) electrons. The number of halogens is 5. The van der Waals surface area contributed by atoms with Crippen molar-refractivity contribution in [3.8, 4) is 0 Å². The molecule has 0 bridgehead atoms. The fourth-order valence-corrected chi connectivity index (χ4v) is 3.55. The average Bonchev–Trinajstić information content (AvgIpc) is 2.37. The van der Waals surface area contributed by atoms with E-state index in [1.807, 2.05) is 0 Å². The monoisotopic (exact) mass is 414 g/mol. The Morgan fingerprint density at radius 2 is 1.86 bits per heavy atom. The van der Waals surface area contributed by atoms with Crippen LogP contribution < -0.4 is 4.72 Å². The number of nitrogens with one attached hydrogen (secondary N) is 1. The van der Waals surface area contributed by atoms with E-state index in [9.17, 15) is 21.6 Å². The molecule has 22 heavy (non-hydrogen) atoms. The van der Waals surface area contributed by atoms with Gasteiger partial charge in [0.05, 0.1) is 10.6 Å². The number of sulfonamides is 1. The molecule has 118 valence electrons. The lowest BCUT2D eigenvalue weighted by Crippen LogP contribution is -2.15. The summed E-state index contributed by atoms with van der Waals surface area (Å²) in [4.78, 5) is 3.23. The summed E-state index contributed by atoms with van der Waals surface area (Å²) in [6.07, 6.45) is -4.00. The second kappa shape index (κ2) is 6.05. The van der Waals surface area contributed by atoms with Crippen LogP contribution in [0.2, 0.25) is 5.02 Å². The molecule has 1 aromatic carbocycles. The summed E-state index contributed by atoms with van der Waals surface area (Å²) >= 11 is 8.98. The summed E-state index contributed by atoms with van der Waals surface area (Å²) in [5.41, 5.74) is -0.975. The molecule has 0 aliphatic rings. The van der Waals surface area contributed by atoms with Gasteiger partial charge in [-0.15, -0.1) is 0 Å². The molecular formula is C12H7BrClF3N2O2S. The van der Waals surface area contributed by atoms with Gasteiger partial charge in [0.15, 0.2) is 0 Å². The summed E-state index contributed by atoms with van der Waals surface area (Å²) < 4.78 is 64.2. The van der Waals surface area contributed by atoms with E-state index in [1.54, 1.807) is 0 Å². The largest absolute Gasteiger partial charge is 0.417 e. The fraction of sp³-hybridized carbons (Fsp3) is 0.0833. The number of hydrogen-bond acceptors (Lipinski definition) is 3. The molecule has 0 unspecified atom stereocenters. The number of pyridine rings is 1. The first-order valence-electron chi connectivity index (χ1n) is 5.61. The van der Waals surface area contributed by atoms with Crippen LogP contribution >= 0.6 is 27.5 Å². The maximum absolute atomic E-state index is 12.4. The van der Waals surface area contributed by atoms with Crippen molar-refractivity contribution in [3.63, 3.8) is 0 Å². The van der Waals surface area contributed by atoms with Crippen molar-refractivity contribution in [1.29, 1.82) is 0 Å². The van der Waals surface area contributed by atoms with Crippen molar-refractivity contribution in [2.45, 2.75) is 11.1 Å². The number of hydrogen-bond donors (Lipinski definition) is 1. The van der Waals surface area contributed by atoms with Gasteiger partial charge in [0.2, 0.25) is 0 Å². The van der Waals surface area contributed by atoms with E-state index >= 15 is 0 Å². The zero-order valence-electron chi connectivity index (χ0n) is 10.5. The number of benzene rings is 1. The first-order valence-corrected chi connectivity index (χ1v) is 8.26. The van der Waals surface area contributed by atoms with Gasteiger partial charge in [-0.3, -0.25) is 4.72 Å². The van der Waals surface area contributed by atoms with Crippen LogP contribution in [0, 0.1) is 0 Å². The second-order valence-electron chi connectivity index (χ2n) is 4.11. The maximum atomic E-state index is 12.4. The number of aromatic nitrogens is 1. The molecule has 0 aliphatic heterocycles. The number of anilines is 1. The van der Waals surface area contributed by atoms with Crippen LogP contribution in [0.15, 0.2) is 45.9 Å². The first-order chi connectivity index (χ1) is 10.1. The van der Waals surface area contributed by atoms with Gasteiger partial charge in [0, 0.05) is 10.7 Å². The predicted octanol–water partition coefficient (Wildman–Crippen LogP) is 4.32. The van der Waals surface area contributed by atoms with Gasteiger partial charge in [0.1, 0.15) is 10.7 Å². The summed E-state index contributed by atoms with van der Waals surface area (Å²) in [5, 5.41) is -0.0335. The van der Waals surface area contributed by atoms with Gasteiger partial charge < -0.3 is 0 Å². The van der Waals surface area contributed by atoms with E-state index in [-0.39, 0.29) is 15.7 Å². The summed E-state index contributed by atoms with van der Waals surface area (Å²) in [6.45, 7) is 0. The minimum atomic E-state index is -4.54. The molecule has 0 amide bonds. The molecule has 0 saturated carbocycles. The van der Waals surface area contributed by atoms with Gasteiger partial charge in [-0.25, -0.2) is 13.4 Å². The van der Waals surface area contributed by atoms with Crippen molar-refractivity contribution < 1.29 is 21.6 Å². The Labute approximate surface area is 137 Å². The molecule has 0 saturated heterocycles. The van der Waals surface area contributed by atoms with E-state index in [2.05, 4.69) is 25.6 Å². The third-order valence-electron chi connectivity index (χ3n) is 2.51. The van der Waals surface area contributed by atoms with Gasteiger partial charge in [-0.05, 0) is 30.3 Å². The Kier molecular flexibility index (Phi) is 4.69. The normalized spacial score (nSPS) is 12.2. The first kappa shape index (κ1) is 17.0. The second-order valence-corrected chi connectivity index (χ2v) is 7.08. The minimum Gasteiger partial charge on any atom is -0.263 e. The molecule has 2 aromatic rings. The highest BCUT2D eigenvalue weighted by Gasteiger charge is 2.30. The van der Waals surface area contributed by atoms with Crippen molar-refractivity contribution in [1.82, 2.24) is 4.98 Å². The Hall–Kier alpha value is -1.32. The van der Waals surface area contributed by atoms with Crippen LogP contribution in [0.3, 0.4) is 0 Å². The van der Waals surface area contributed by atoms with E-state index in [4.69, 9.17) is 11.6 Å². The van der Waals surface area contributed by atoms with Crippen molar-refractivity contribution in [2.24, 2.45) is 0 Å². The summed E-state index contributed by atoms with van der Waals surface area (Å²) in [5.74, 6) is -0.244. The number of nitrogens with zero attached hydrogens (tertiary/aromatic N) is 1. The summed E-state index contributed by atoms with van der Waals surface area (Å²) in [7, 11) is -4.06. The third-order valence-corrected chi connectivity index (χ3v) is 4.84. The van der Waals surface area contributed by atoms with Crippen LogP contribution in [0.25, 0.3) is 0 Å². The molecule has 2 rings (SSSR count). The lowest BCUT2D eigenvalue weighted by Gasteiger charge is -2.10. The summed E-state index contributed by atoms with van der Waals surface area (Å²) in [6, 6.07) is 5.77. The number of rotatable bonds is 3. The molecular weight excluding hydrogens is 409 g/mol. The van der Waals surface area contributed by atoms with Crippen molar-refractivity contribution >= 4 is 43.4 Å². The zero-order chi connectivity index (χ0) is 16.5. The highest BCUT2D eigenvalue weighted by atomic mass is 79.9.